The van der Waals surface area contributed by atoms with Gasteiger partial charge in [-0.25, -0.2) is 0 Å². The van der Waals surface area contributed by atoms with Gasteiger partial charge in [-0.15, -0.1) is 0 Å². The lowest BCUT2D eigenvalue weighted by Crippen LogP contribution is -2.44. The van der Waals surface area contributed by atoms with Crippen molar-refractivity contribution in [2.75, 3.05) is 13.2 Å². The average molecular weight is 300 g/mol. The first-order valence-electron chi connectivity index (χ1n) is 8.12. The van der Waals surface area contributed by atoms with E-state index in [9.17, 15) is 9.90 Å². The van der Waals surface area contributed by atoms with Crippen LogP contribution in [0.15, 0.2) is 18.2 Å². The zero-order valence-electron chi connectivity index (χ0n) is 13.4. The van der Waals surface area contributed by atoms with Gasteiger partial charge in [0.05, 0.1) is 0 Å². The highest BCUT2D eigenvalue weighted by Crippen LogP contribution is 2.26. The van der Waals surface area contributed by atoms with Crippen molar-refractivity contribution in [1.29, 1.82) is 0 Å². The molecule has 2 N–H and O–H groups in total. The van der Waals surface area contributed by atoms with E-state index >= 15 is 0 Å². The topological polar surface area (TPSA) is 56.3 Å². The Morgan fingerprint density at radius 1 is 1.36 bits per heavy atom. The molecule has 0 spiro atoms. The van der Waals surface area contributed by atoms with E-state index in [1.807, 2.05) is 17.0 Å². The van der Waals surface area contributed by atoms with Crippen LogP contribution in [0.5, 0.6) is 0 Å². The lowest BCUT2D eigenvalue weighted by Gasteiger charge is -2.35. The Morgan fingerprint density at radius 3 is 2.95 bits per heavy atom. The van der Waals surface area contributed by atoms with Crippen LogP contribution in [0.4, 0.5) is 0 Å². The molecule has 1 amide bonds. The number of aliphatic hydroxyl groups excluding tert-OH is 1. The van der Waals surface area contributed by atoms with Gasteiger partial charge in [0.25, 0.3) is 5.91 Å². The Bertz CT molecular complexity index is 688. The minimum Gasteiger partial charge on any atom is -0.396 e. The molecule has 1 aliphatic rings. The number of rotatable bonds is 3. The standard InChI is InChI=1S/C18H24N2O2/c1-12-6-7-16-15(13(12)2)11-17(19-16)18(22)20-9-4-3-5-14(20)8-10-21/h6-7,11,14,19,21H,3-5,8-10H2,1-2H3. The van der Waals surface area contributed by atoms with Crippen LogP contribution in [0.2, 0.25) is 0 Å². The summed E-state index contributed by atoms with van der Waals surface area (Å²) in [4.78, 5) is 18.1. The number of aromatic nitrogens is 1. The third kappa shape index (κ3) is 2.63. The molecule has 0 bridgehead atoms. The van der Waals surface area contributed by atoms with Crippen LogP contribution in [0.1, 0.15) is 47.3 Å². The van der Waals surface area contributed by atoms with Crippen molar-refractivity contribution in [3.63, 3.8) is 0 Å². The molecule has 0 aliphatic carbocycles. The number of likely N-dealkylation sites (tertiary alicyclic amines) is 1. The van der Waals surface area contributed by atoms with Crippen LogP contribution in [0.25, 0.3) is 10.9 Å². The molecule has 4 heteroatoms. The summed E-state index contributed by atoms with van der Waals surface area (Å²) in [6.07, 6.45) is 3.85. The monoisotopic (exact) mass is 300 g/mol. The molecule has 4 nitrogen and oxygen atoms in total. The minimum atomic E-state index is 0.0615. The molecule has 22 heavy (non-hydrogen) atoms. The Balaban J connectivity index is 1.92. The molecule has 1 aromatic carbocycles. The van der Waals surface area contributed by atoms with Gasteiger partial charge >= 0.3 is 0 Å². The van der Waals surface area contributed by atoms with E-state index in [0.717, 1.165) is 36.7 Å². The van der Waals surface area contributed by atoms with Crippen LogP contribution in [0, 0.1) is 13.8 Å². The molecule has 3 rings (SSSR count). The van der Waals surface area contributed by atoms with Gasteiger partial charge in [0.1, 0.15) is 5.69 Å². The maximum absolute atomic E-state index is 12.9. The molecular weight excluding hydrogens is 276 g/mol. The predicted octanol–water partition coefficient (Wildman–Crippen LogP) is 3.16. The van der Waals surface area contributed by atoms with E-state index in [-0.39, 0.29) is 18.6 Å². The number of carbonyl (C=O) groups is 1. The van der Waals surface area contributed by atoms with Gasteiger partial charge < -0.3 is 15.0 Å². The number of nitrogens with zero attached hydrogens (tertiary/aromatic N) is 1. The number of H-pyrrole nitrogens is 1. The van der Waals surface area contributed by atoms with Crippen molar-refractivity contribution in [1.82, 2.24) is 9.88 Å². The third-order valence-corrected chi connectivity index (χ3v) is 4.92. The van der Waals surface area contributed by atoms with Crippen LogP contribution < -0.4 is 0 Å². The number of fused-ring (bicyclic) bond motifs is 1. The quantitative estimate of drug-likeness (QED) is 0.915. The Hall–Kier alpha value is -1.81. The van der Waals surface area contributed by atoms with E-state index in [1.165, 1.54) is 11.1 Å². The van der Waals surface area contributed by atoms with Crippen molar-refractivity contribution in [2.24, 2.45) is 0 Å². The molecule has 1 fully saturated rings. The third-order valence-electron chi connectivity index (χ3n) is 4.92. The van der Waals surface area contributed by atoms with Gasteiger partial charge in [-0.1, -0.05) is 6.07 Å². The Labute approximate surface area is 131 Å². The number of carbonyl (C=O) groups excluding carboxylic acids is 1. The molecule has 1 unspecified atom stereocenters. The van der Waals surface area contributed by atoms with Crippen LogP contribution >= 0.6 is 0 Å². The molecule has 0 radical (unpaired) electrons. The highest BCUT2D eigenvalue weighted by Gasteiger charge is 2.28. The maximum atomic E-state index is 12.9. The van der Waals surface area contributed by atoms with Crippen molar-refractivity contribution in [2.45, 2.75) is 45.6 Å². The van der Waals surface area contributed by atoms with Crippen molar-refractivity contribution >= 4 is 16.8 Å². The number of piperidine rings is 1. The van der Waals surface area contributed by atoms with Gasteiger partial charge in [0, 0.05) is 30.1 Å². The number of aromatic amines is 1. The summed E-state index contributed by atoms with van der Waals surface area (Å²) in [5.41, 5.74) is 4.13. The van der Waals surface area contributed by atoms with Crippen molar-refractivity contribution in [3.05, 3.63) is 35.0 Å². The zero-order chi connectivity index (χ0) is 15.7. The second-order valence-corrected chi connectivity index (χ2v) is 6.31. The Morgan fingerprint density at radius 2 is 2.18 bits per heavy atom. The molecule has 2 aromatic rings. The molecule has 1 saturated heterocycles. The fourth-order valence-corrected chi connectivity index (χ4v) is 3.45. The van der Waals surface area contributed by atoms with Crippen molar-refractivity contribution < 1.29 is 9.90 Å². The lowest BCUT2D eigenvalue weighted by molar-refractivity contribution is 0.0569. The Kier molecular flexibility index (Phi) is 4.21. The lowest BCUT2D eigenvalue weighted by atomic mass is 9.99. The van der Waals surface area contributed by atoms with Crippen molar-refractivity contribution in [3.8, 4) is 0 Å². The van der Waals surface area contributed by atoms with E-state index < -0.39 is 0 Å². The number of amides is 1. The molecule has 118 valence electrons. The number of aryl methyl sites for hydroxylation is 2. The molecule has 2 heterocycles. The van der Waals surface area contributed by atoms with E-state index in [4.69, 9.17) is 0 Å². The summed E-state index contributed by atoms with van der Waals surface area (Å²) in [5, 5.41) is 10.3. The highest BCUT2D eigenvalue weighted by atomic mass is 16.3. The summed E-state index contributed by atoms with van der Waals surface area (Å²) in [5.74, 6) is 0.0615. The summed E-state index contributed by atoms with van der Waals surface area (Å²) >= 11 is 0. The molecule has 1 aliphatic heterocycles. The van der Waals surface area contributed by atoms with Crippen LogP contribution in [0.3, 0.4) is 0 Å². The summed E-state index contributed by atoms with van der Waals surface area (Å²) in [7, 11) is 0. The maximum Gasteiger partial charge on any atom is 0.270 e. The number of hydrogen-bond acceptors (Lipinski definition) is 2. The molecule has 1 atom stereocenters. The van der Waals surface area contributed by atoms with Gasteiger partial charge in [0.2, 0.25) is 0 Å². The largest absolute Gasteiger partial charge is 0.396 e. The summed E-state index contributed by atoms with van der Waals surface area (Å²) < 4.78 is 0. The second kappa shape index (κ2) is 6.13. The first-order valence-corrected chi connectivity index (χ1v) is 8.12. The smallest absolute Gasteiger partial charge is 0.270 e. The number of aliphatic hydroxyl groups is 1. The predicted molar refractivity (Wildman–Crippen MR) is 88.2 cm³/mol. The summed E-state index contributed by atoms with van der Waals surface area (Å²) in [6.45, 7) is 5.11. The first kappa shape index (κ1) is 15.1. The number of nitrogens with one attached hydrogen (secondary N) is 1. The molecule has 1 aromatic heterocycles. The normalized spacial score (nSPS) is 18.9. The first-order chi connectivity index (χ1) is 10.6. The van der Waals surface area contributed by atoms with E-state index in [0.29, 0.717) is 12.1 Å². The van der Waals surface area contributed by atoms with Gasteiger partial charge in [-0.3, -0.25) is 4.79 Å². The minimum absolute atomic E-state index is 0.0615. The van der Waals surface area contributed by atoms with E-state index in [2.05, 4.69) is 24.9 Å². The second-order valence-electron chi connectivity index (χ2n) is 6.31. The molecular formula is C18H24N2O2. The van der Waals surface area contributed by atoms with E-state index in [1.54, 1.807) is 0 Å². The molecule has 0 saturated carbocycles. The van der Waals surface area contributed by atoms with Gasteiger partial charge in [-0.2, -0.15) is 0 Å². The summed E-state index contributed by atoms with van der Waals surface area (Å²) in [6, 6.07) is 6.26. The fourth-order valence-electron chi connectivity index (χ4n) is 3.45. The number of benzene rings is 1. The fraction of sp³-hybridized carbons (Fsp3) is 0.500. The number of hydrogen-bond donors (Lipinski definition) is 2. The van der Waals surface area contributed by atoms with Crippen LogP contribution in [-0.4, -0.2) is 40.1 Å². The van der Waals surface area contributed by atoms with Crippen LogP contribution in [-0.2, 0) is 0 Å². The average Bonchev–Trinajstić information content (AvgIpc) is 2.96. The van der Waals surface area contributed by atoms with Gasteiger partial charge in [0.15, 0.2) is 0 Å². The zero-order valence-corrected chi connectivity index (χ0v) is 13.4. The van der Waals surface area contributed by atoms with Gasteiger partial charge in [-0.05, 0) is 62.8 Å². The SMILES string of the molecule is Cc1ccc2[nH]c(C(=O)N3CCCCC3CCO)cc2c1C. The highest BCUT2D eigenvalue weighted by molar-refractivity contribution is 5.99.